The Bertz CT molecular complexity index is 351. The van der Waals surface area contributed by atoms with Crippen LogP contribution in [0.2, 0.25) is 0 Å². The van der Waals surface area contributed by atoms with Crippen molar-refractivity contribution in [3.05, 3.63) is 18.2 Å². The SMILES string of the molecule is CCn1ccnc1CC(CC(C)C(C)(C)C)NN. The molecule has 0 aliphatic carbocycles. The Morgan fingerprint density at radius 2 is 2.11 bits per heavy atom. The molecule has 0 saturated carbocycles. The highest BCUT2D eigenvalue weighted by atomic mass is 15.2. The molecule has 1 aromatic heterocycles. The van der Waals surface area contributed by atoms with Crippen LogP contribution in [0, 0.1) is 11.3 Å². The van der Waals surface area contributed by atoms with Crippen LogP contribution < -0.4 is 11.3 Å². The molecule has 2 unspecified atom stereocenters. The van der Waals surface area contributed by atoms with Crippen molar-refractivity contribution in [2.24, 2.45) is 17.2 Å². The van der Waals surface area contributed by atoms with Crippen molar-refractivity contribution in [1.82, 2.24) is 15.0 Å². The maximum Gasteiger partial charge on any atom is 0.110 e. The van der Waals surface area contributed by atoms with Crippen LogP contribution in [0.25, 0.3) is 0 Å². The first-order chi connectivity index (χ1) is 8.38. The number of aryl methyl sites for hydroxylation is 1. The lowest BCUT2D eigenvalue weighted by Crippen LogP contribution is -2.40. The Morgan fingerprint density at radius 3 is 2.61 bits per heavy atom. The van der Waals surface area contributed by atoms with Gasteiger partial charge >= 0.3 is 0 Å². The Hall–Kier alpha value is -0.870. The maximum atomic E-state index is 5.69. The van der Waals surface area contributed by atoms with Gasteiger partial charge in [0, 0.05) is 31.4 Å². The molecule has 0 amide bonds. The summed E-state index contributed by atoms with van der Waals surface area (Å²) in [4.78, 5) is 4.41. The quantitative estimate of drug-likeness (QED) is 0.603. The summed E-state index contributed by atoms with van der Waals surface area (Å²) in [7, 11) is 0. The van der Waals surface area contributed by atoms with Gasteiger partial charge in [-0.3, -0.25) is 11.3 Å². The molecule has 0 saturated heterocycles. The van der Waals surface area contributed by atoms with Crippen molar-refractivity contribution in [2.75, 3.05) is 0 Å². The minimum atomic E-state index is 0.284. The average Bonchev–Trinajstić information content (AvgIpc) is 2.73. The van der Waals surface area contributed by atoms with Gasteiger partial charge in [-0.25, -0.2) is 4.98 Å². The number of hydrogen-bond acceptors (Lipinski definition) is 3. The molecule has 1 heterocycles. The molecule has 0 aromatic carbocycles. The first-order valence-corrected chi connectivity index (χ1v) is 6.84. The van der Waals surface area contributed by atoms with E-state index >= 15 is 0 Å². The lowest BCUT2D eigenvalue weighted by molar-refractivity contribution is 0.221. The summed E-state index contributed by atoms with van der Waals surface area (Å²) < 4.78 is 2.17. The molecular weight excluding hydrogens is 224 g/mol. The van der Waals surface area contributed by atoms with Gasteiger partial charge in [-0.15, -0.1) is 0 Å². The third-order valence-corrected chi connectivity index (χ3v) is 3.92. The summed E-state index contributed by atoms with van der Waals surface area (Å²) in [6.07, 6.45) is 5.84. The fraction of sp³-hybridized carbons (Fsp3) is 0.786. The van der Waals surface area contributed by atoms with E-state index in [1.165, 1.54) is 0 Å². The van der Waals surface area contributed by atoms with E-state index in [1.54, 1.807) is 0 Å². The first kappa shape index (κ1) is 15.2. The van der Waals surface area contributed by atoms with Gasteiger partial charge in [0.1, 0.15) is 5.82 Å². The predicted octanol–water partition coefficient (Wildman–Crippen LogP) is 2.35. The summed E-state index contributed by atoms with van der Waals surface area (Å²) >= 11 is 0. The fourth-order valence-electron chi connectivity index (χ4n) is 2.03. The van der Waals surface area contributed by atoms with Crippen molar-refractivity contribution >= 4 is 0 Å². The third-order valence-electron chi connectivity index (χ3n) is 3.92. The number of nitrogens with one attached hydrogen (secondary N) is 1. The zero-order valence-electron chi connectivity index (χ0n) is 12.4. The molecule has 3 N–H and O–H groups in total. The Labute approximate surface area is 111 Å². The van der Waals surface area contributed by atoms with Crippen LogP contribution in [0.1, 0.15) is 46.9 Å². The number of nitrogens with two attached hydrogens (primary N) is 1. The van der Waals surface area contributed by atoms with Crippen LogP contribution >= 0.6 is 0 Å². The van der Waals surface area contributed by atoms with Crippen molar-refractivity contribution < 1.29 is 0 Å². The van der Waals surface area contributed by atoms with Crippen LogP contribution in [0.5, 0.6) is 0 Å². The molecule has 4 nitrogen and oxygen atoms in total. The summed E-state index contributed by atoms with van der Waals surface area (Å²) in [6.45, 7) is 12.2. The van der Waals surface area contributed by atoms with Gasteiger partial charge in [0.05, 0.1) is 0 Å². The molecule has 4 heteroatoms. The topological polar surface area (TPSA) is 55.9 Å². The zero-order chi connectivity index (χ0) is 13.8. The first-order valence-electron chi connectivity index (χ1n) is 6.84. The Morgan fingerprint density at radius 1 is 1.44 bits per heavy atom. The lowest BCUT2D eigenvalue weighted by atomic mass is 9.78. The molecule has 0 fully saturated rings. The van der Waals surface area contributed by atoms with E-state index in [0.29, 0.717) is 11.3 Å². The number of hydrogen-bond donors (Lipinski definition) is 2. The van der Waals surface area contributed by atoms with Crippen LogP contribution in [0.3, 0.4) is 0 Å². The highest BCUT2D eigenvalue weighted by molar-refractivity contribution is 4.95. The van der Waals surface area contributed by atoms with E-state index < -0.39 is 0 Å². The second-order valence-electron chi connectivity index (χ2n) is 6.20. The van der Waals surface area contributed by atoms with Gasteiger partial charge in [0.25, 0.3) is 0 Å². The smallest absolute Gasteiger partial charge is 0.110 e. The van der Waals surface area contributed by atoms with Crippen LogP contribution in [-0.2, 0) is 13.0 Å². The third kappa shape index (κ3) is 4.10. The maximum absolute atomic E-state index is 5.69. The van der Waals surface area contributed by atoms with Crippen molar-refractivity contribution in [2.45, 2.75) is 60.0 Å². The lowest BCUT2D eigenvalue weighted by Gasteiger charge is -2.30. The van der Waals surface area contributed by atoms with Crippen LogP contribution in [0.4, 0.5) is 0 Å². The van der Waals surface area contributed by atoms with Gasteiger partial charge in [-0.2, -0.15) is 0 Å². The zero-order valence-corrected chi connectivity index (χ0v) is 12.4. The Balaban J connectivity index is 2.63. The molecule has 104 valence electrons. The summed E-state index contributed by atoms with van der Waals surface area (Å²) in [5.41, 5.74) is 3.26. The van der Waals surface area contributed by atoms with Gasteiger partial charge in [0.15, 0.2) is 0 Å². The summed E-state index contributed by atoms with van der Waals surface area (Å²) in [5, 5.41) is 0. The molecule has 0 aliphatic rings. The van der Waals surface area contributed by atoms with Crippen molar-refractivity contribution in [1.29, 1.82) is 0 Å². The number of rotatable bonds is 6. The second-order valence-corrected chi connectivity index (χ2v) is 6.20. The van der Waals surface area contributed by atoms with Gasteiger partial charge in [-0.05, 0) is 24.7 Å². The molecule has 0 radical (unpaired) electrons. The highest BCUT2D eigenvalue weighted by Gasteiger charge is 2.24. The van der Waals surface area contributed by atoms with Crippen molar-refractivity contribution in [3.8, 4) is 0 Å². The minimum Gasteiger partial charge on any atom is -0.335 e. The van der Waals surface area contributed by atoms with Crippen molar-refractivity contribution in [3.63, 3.8) is 0 Å². The largest absolute Gasteiger partial charge is 0.335 e. The molecule has 0 aliphatic heterocycles. The predicted molar refractivity (Wildman–Crippen MR) is 76.0 cm³/mol. The van der Waals surface area contributed by atoms with Gasteiger partial charge in [0.2, 0.25) is 0 Å². The molecule has 0 bridgehead atoms. The Kier molecular flexibility index (Phi) is 5.35. The number of imidazole rings is 1. The highest BCUT2D eigenvalue weighted by Crippen LogP contribution is 2.29. The van der Waals surface area contributed by atoms with E-state index in [0.717, 1.165) is 25.2 Å². The molecule has 1 aromatic rings. The fourth-order valence-corrected chi connectivity index (χ4v) is 2.03. The van der Waals surface area contributed by atoms with E-state index in [-0.39, 0.29) is 6.04 Å². The number of hydrazine groups is 1. The second kappa shape index (κ2) is 6.34. The normalized spacial score (nSPS) is 15.7. The minimum absolute atomic E-state index is 0.284. The molecule has 0 spiro atoms. The van der Waals surface area contributed by atoms with Gasteiger partial charge < -0.3 is 4.57 Å². The van der Waals surface area contributed by atoms with E-state index in [4.69, 9.17) is 5.84 Å². The molecule has 18 heavy (non-hydrogen) atoms. The van der Waals surface area contributed by atoms with E-state index in [2.05, 4.69) is 49.6 Å². The number of nitrogens with zero attached hydrogens (tertiary/aromatic N) is 2. The van der Waals surface area contributed by atoms with E-state index in [1.807, 2.05) is 12.4 Å². The molecular formula is C14H28N4. The van der Waals surface area contributed by atoms with Gasteiger partial charge in [-0.1, -0.05) is 27.7 Å². The monoisotopic (exact) mass is 252 g/mol. The summed E-state index contributed by atoms with van der Waals surface area (Å²) in [6, 6.07) is 0.284. The number of aromatic nitrogens is 2. The standard InChI is InChI=1S/C14H28N4/c1-6-18-8-7-16-13(18)10-12(17-15)9-11(2)14(3,4)5/h7-8,11-12,17H,6,9-10,15H2,1-5H3. The molecule has 1 rings (SSSR count). The van der Waals surface area contributed by atoms with E-state index in [9.17, 15) is 0 Å². The average molecular weight is 252 g/mol. The molecule has 2 atom stereocenters. The summed E-state index contributed by atoms with van der Waals surface area (Å²) in [5.74, 6) is 7.41. The van der Waals surface area contributed by atoms with Crippen LogP contribution in [-0.4, -0.2) is 15.6 Å². The van der Waals surface area contributed by atoms with Crippen LogP contribution in [0.15, 0.2) is 12.4 Å².